The lowest BCUT2D eigenvalue weighted by Gasteiger charge is -2.37. The lowest BCUT2D eigenvalue weighted by Crippen LogP contribution is -2.53. The third-order valence-electron chi connectivity index (χ3n) is 4.71. The molecule has 0 saturated carbocycles. The zero-order chi connectivity index (χ0) is 15.7. The molecule has 3 rings (SSSR count). The number of aryl methyl sites for hydroxylation is 1. The summed E-state index contributed by atoms with van der Waals surface area (Å²) in [5.41, 5.74) is 1.86. The second kappa shape index (κ2) is 6.08. The first-order valence-electron chi connectivity index (χ1n) is 7.91. The molecule has 1 atom stereocenters. The van der Waals surface area contributed by atoms with Crippen LogP contribution >= 0.6 is 0 Å². The van der Waals surface area contributed by atoms with Gasteiger partial charge in [-0.1, -0.05) is 17.7 Å². The molecule has 2 aliphatic rings. The standard InChI is InChI=1S/C17H23N3O2/c1-13-4-3-5-14(12-13)16(21)20-10-8-19(9-11-20)15-6-7-18(2)17(15)22/h3-5,12,15H,6-11H2,1-2H3. The molecule has 5 nitrogen and oxygen atoms in total. The minimum absolute atomic E-state index is 0.0150. The van der Waals surface area contributed by atoms with Gasteiger partial charge in [0.25, 0.3) is 5.91 Å². The van der Waals surface area contributed by atoms with Gasteiger partial charge >= 0.3 is 0 Å². The molecule has 0 aromatic heterocycles. The number of rotatable bonds is 2. The molecule has 1 aromatic rings. The zero-order valence-corrected chi connectivity index (χ0v) is 13.3. The van der Waals surface area contributed by atoms with Gasteiger partial charge in [0, 0.05) is 45.3 Å². The van der Waals surface area contributed by atoms with E-state index in [9.17, 15) is 9.59 Å². The smallest absolute Gasteiger partial charge is 0.253 e. The molecule has 118 valence electrons. The minimum Gasteiger partial charge on any atom is -0.344 e. The number of carbonyl (C=O) groups is 2. The fourth-order valence-electron chi connectivity index (χ4n) is 3.34. The summed E-state index contributed by atoms with van der Waals surface area (Å²) < 4.78 is 0. The monoisotopic (exact) mass is 301 g/mol. The van der Waals surface area contributed by atoms with Crippen LogP contribution in [0.25, 0.3) is 0 Å². The molecule has 0 spiro atoms. The summed E-state index contributed by atoms with van der Waals surface area (Å²) in [6.45, 7) is 5.78. The average Bonchev–Trinajstić information content (AvgIpc) is 2.86. The lowest BCUT2D eigenvalue weighted by atomic mass is 10.1. The maximum absolute atomic E-state index is 12.5. The summed E-state index contributed by atoms with van der Waals surface area (Å²) in [5.74, 6) is 0.316. The van der Waals surface area contributed by atoms with Crippen molar-refractivity contribution in [3.8, 4) is 0 Å². The van der Waals surface area contributed by atoms with E-state index in [2.05, 4.69) is 4.90 Å². The molecule has 2 aliphatic heterocycles. The van der Waals surface area contributed by atoms with Crippen molar-refractivity contribution in [1.82, 2.24) is 14.7 Å². The second-order valence-corrected chi connectivity index (χ2v) is 6.26. The van der Waals surface area contributed by atoms with Crippen LogP contribution in [0.15, 0.2) is 24.3 Å². The Hall–Kier alpha value is -1.88. The molecule has 0 radical (unpaired) electrons. The fraction of sp³-hybridized carbons (Fsp3) is 0.529. The van der Waals surface area contributed by atoms with Crippen molar-refractivity contribution in [3.05, 3.63) is 35.4 Å². The normalized spacial score (nSPS) is 23.2. The Morgan fingerprint density at radius 3 is 2.45 bits per heavy atom. The van der Waals surface area contributed by atoms with E-state index in [-0.39, 0.29) is 17.9 Å². The summed E-state index contributed by atoms with van der Waals surface area (Å²) in [6, 6.07) is 7.74. The topological polar surface area (TPSA) is 43.9 Å². The van der Waals surface area contributed by atoms with Gasteiger partial charge in [-0.3, -0.25) is 14.5 Å². The van der Waals surface area contributed by atoms with Crippen LogP contribution in [0, 0.1) is 6.92 Å². The number of likely N-dealkylation sites (tertiary alicyclic amines) is 1. The van der Waals surface area contributed by atoms with Crippen LogP contribution in [0.3, 0.4) is 0 Å². The van der Waals surface area contributed by atoms with Crippen molar-refractivity contribution in [2.24, 2.45) is 0 Å². The van der Waals surface area contributed by atoms with E-state index in [0.29, 0.717) is 13.1 Å². The van der Waals surface area contributed by atoms with Gasteiger partial charge in [-0.25, -0.2) is 0 Å². The summed E-state index contributed by atoms with van der Waals surface area (Å²) >= 11 is 0. The van der Waals surface area contributed by atoms with Crippen LogP contribution in [0.2, 0.25) is 0 Å². The van der Waals surface area contributed by atoms with Gasteiger partial charge in [-0.05, 0) is 25.5 Å². The number of hydrogen-bond donors (Lipinski definition) is 0. The van der Waals surface area contributed by atoms with E-state index in [0.717, 1.165) is 37.2 Å². The molecule has 2 fully saturated rings. The number of benzene rings is 1. The van der Waals surface area contributed by atoms with Gasteiger partial charge in [0.05, 0.1) is 6.04 Å². The number of amides is 2. The third-order valence-corrected chi connectivity index (χ3v) is 4.71. The highest BCUT2D eigenvalue weighted by molar-refractivity contribution is 5.94. The summed E-state index contributed by atoms with van der Waals surface area (Å²) in [5, 5.41) is 0. The summed E-state index contributed by atoms with van der Waals surface area (Å²) in [6.07, 6.45) is 0.904. The van der Waals surface area contributed by atoms with Gasteiger partial charge < -0.3 is 9.80 Å². The number of likely N-dealkylation sites (N-methyl/N-ethyl adjacent to an activating group) is 1. The van der Waals surface area contributed by atoms with E-state index in [4.69, 9.17) is 0 Å². The van der Waals surface area contributed by atoms with Crippen LogP contribution in [-0.4, -0.2) is 72.3 Å². The van der Waals surface area contributed by atoms with E-state index in [1.165, 1.54) is 0 Å². The first kappa shape index (κ1) is 15.0. The van der Waals surface area contributed by atoms with Crippen molar-refractivity contribution < 1.29 is 9.59 Å². The molecule has 1 unspecified atom stereocenters. The molecule has 2 heterocycles. The quantitative estimate of drug-likeness (QED) is 0.818. The van der Waals surface area contributed by atoms with Crippen LogP contribution in [-0.2, 0) is 4.79 Å². The number of nitrogens with zero attached hydrogens (tertiary/aromatic N) is 3. The van der Waals surface area contributed by atoms with Gasteiger partial charge in [0.2, 0.25) is 5.91 Å². The highest BCUT2D eigenvalue weighted by Crippen LogP contribution is 2.18. The Bertz CT molecular complexity index is 579. The minimum atomic E-state index is 0.0150. The number of piperazine rings is 1. The molecular weight excluding hydrogens is 278 g/mol. The van der Waals surface area contributed by atoms with Crippen LogP contribution in [0.5, 0.6) is 0 Å². The predicted octanol–water partition coefficient (Wildman–Crippen LogP) is 0.984. The fourth-order valence-corrected chi connectivity index (χ4v) is 3.34. The Kier molecular flexibility index (Phi) is 4.16. The molecule has 2 amide bonds. The van der Waals surface area contributed by atoms with Gasteiger partial charge in [-0.15, -0.1) is 0 Å². The Morgan fingerprint density at radius 1 is 1.14 bits per heavy atom. The third kappa shape index (κ3) is 2.86. The Morgan fingerprint density at radius 2 is 1.86 bits per heavy atom. The predicted molar refractivity (Wildman–Crippen MR) is 84.7 cm³/mol. The molecule has 2 saturated heterocycles. The SMILES string of the molecule is Cc1cccc(C(=O)N2CCN(C3CCN(C)C3=O)CC2)c1. The highest BCUT2D eigenvalue weighted by Gasteiger charge is 2.36. The second-order valence-electron chi connectivity index (χ2n) is 6.26. The van der Waals surface area contributed by atoms with Gasteiger partial charge in [0.15, 0.2) is 0 Å². The maximum atomic E-state index is 12.5. The zero-order valence-electron chi connectivity index (χ0n) is 13.3. The molecular formula is C17H23N3O2. The molecule has 0 N–H and O–H groups in total. The highest BCUT2D eigenvalue weighted by atomic mass is 16.2. The Balaban J connectivity index is 1.60. The average molecular weight is 301 g/mol. The van der Waals surface area contributed by atoms with Crippen molar-refractivity contribution in [2.75, 3.05) is 39.8 Å². The van der Waals surface area contributed by atoms with Gasteiger partial charge in [-0.2, -0.15) is 0 Å². The van der Waals surface area contributed by atoms with E-state index < -0.39 is 0 Å². The van der Waals surface area contributed by atoms with Crippen molar-refractivity contribution in [3.63, 3.8) is 0 Å². The van der Waals surface area contributed by atoms with Crippen LogP contribution in [0.1, 0.15) is 22.3 Å². The van der Waals surface area contributed by atoms with E-state index in [1.54, 1.807) is 4.90 Å². The molecule has 0 aliphatic carbocycles. The first-order valence-corrected chi connectivity index (χ1v) is 7.91. The van der Waals surface area contributed by atoms with Crippen molar-refractivity contribution in [2.45, 2.75) is 19.4 Å². The molecule has 22 heavy (non-hydrogen) atoms. The molecule has 5 heteroatoms. The number of hydrogen-bond acceptors (Lipinski definition) is 3. The van der Waals surface area contributed by atoms with E-state index in [1.807, 2.05) is 43.1 Å². The molecule has 1 aromatic carbocycles. The van der Waals surface area contributed by atoms with Crippen molar-refractivity contribution >= 4 is 11.8 Å². The van der Waals surface area contributed by atoms with E-state index >= 15 is 0 Å². The van der Waals surface area contributed by atoms with Gasteiger partial charge in [0.1, 0.15) is 0 Å². The summed E-state index contributed by atoms with van der Waals surface area (Å²) in [7, 11) is 1.86. The van der Waals surface area contributed by atoms with Crippen LogP contribution in [0.4, 0.5) is 0 Å². The van der Waals surface area contributed by atoms with Crippen LogP contribution < -0.4 is 0 Å². The molecule has 0 bridgehead atoms. The largest absolute Gasteiger partial charge is 0.344 e. The Labute approximate surface area is 131 Å². The number of carbonyl (C=O) groups excluding carboxylic acids is 2. The lowest BCUT2D eigenvalue weighted by molar-refractivity contribution is -0.131. The maximum Gasteiger partial charge on any atom is 0.253 e. The summed E-state index contributed by atoms with van der Waals surface area (Å²) in [4.78, 5) is 30.5. The first-order chi connectivity index (χ1) is 10.6. The van der Waals surface area contributed by atoms with Crippen molar-refractivity contribution in [1.29, 1.82) is 0 Å².